The van der Waals surface area contributed by atoms with Gasteiger partial charge in [-0.25, -0.2) is 4.79 Å². The van der Waals surface area contributed by atoms with Crippen molar-refractivity contribution in [3.05, 3.63) is 24.0 Å². The van der Waals surface area contributed by atoms with Gasteiger partial charge in [-0.05, 0) is 85.7 Å². The average molecular weight is 401 g/mol. The van der Waals surface area contributed by atoms with E-state index < -0.39 is 11.8 Å². The highest BCUT2D eigenvalue weighted by Gasteiger charge is 2.75. The Morgan fingerprint density at radius 1 is 1.34 bits per heavy atom. The molecule has 0 bridgehead atoms. The monoisotopic (exact) mass is 400 g/mol. The van der Waals surface area contributed by atoms with Crippen LogP contribution in [0.25, 0.3) is 0 Å². The van der Waals surface area contributed by atoms with Gasteiger partial charge in [0.2, 0.25) is 0 Å². The Balaban J connectivity index is 1.50. The number of hydrogen-bond donors (Lipinski definition) is 2. The number of ether oxygens (including phenoxy) is 1. The number of carbonyl (C=O) groups is 2. The van der Waals surface area contributed by atoms with Crippen LogP contribution in [0.2, 0.25) is 0 Å². The molecule has 5 nitrogen and oxygen atoms in total. The second-order valence-electron chi connectivity index (χ2n) is 10.4. The molecule has 4 fully saturated rings. The van der Waals surface area contributed by atoms with Crippen molar-refractivity contribution in [2.45, 2.75) is 64.4 Å². The fourth-order valence-corrected chi connectivity index (χ4v) is 8.33. The van der Waals surface area contributed by atoms with Crippen molar-refractivity contribution in [2.75, 3.05) is 0 Å². The first-order valence-corrected chi connectivity index (χ1v) is 11.3. The van der Waals surface area contributed by atoms with Gasteiger partial charge in [0.25, 0.3) is 0 Å². The van der Waals surface area contributed by atoms with Gasteiger partial charge in [-0.15, -0.1) is 0 Å². The normalized spacial score (nSPS) is 50.2. The summed E-state index contributed by atoms with van der Waals surface area (Å²) < 4.78 is 4.63. The molecule has 0 spiro atoms. The maximum Gasteiger partial charge on any atom is 0.510 e. The number of ketones is 1. The minimum atomic E-state index is -1.34. The molecule has 0 aromatic rings. The van der Waals surface area contributed by atoms with Crippen LogP contribution in [0.1, 0.15) is 58.8 Å². The highest BCUT2D eigenvalue weighted by Crippen LogP contribution is 2.76. The van der Waals surface area contributed by atoms with Crippen molar-refractivity contribution < 1.29 is 24.5 Å². The number of hydrogen-bond acceptors (Lipinski definition) is 4. The van der Waals surface area contributed by atoms with Crippen molar-refractivity contribution in [2.24, 2.45) is 46.8 Å². The number of rotatable bonds is 3. The molecule has 158 valence electrons. The maximum atomic E-state index is 12.0. The van der Waals surface area contributed by atoms with E-state index in [0.717, 1.165) is 38.5 Å². The smallest absolute Gasteiger partial charge is 0.449 e. The molecule has 0 aliphatic heterocycles. The molecule has 0 aromatic carbocycles. The zero-order valence-corrected chi connectivity index (χ0v) is 17.3. The van der Waals surface area contributed by atoms with Crippen LogP contribution in [-0.4, -0.2) is 27.8 Å². The lowest BCUT2D eigenvalue weighted by atomic mass is 9.46. The van der Waals surface area contributed by atoms with Crippen molar-refractivity contribution in [3.63, 3.8) is 0 Å². The van der Waals surface area contributed by atoms with Crippen LogP contribution in [0.3, 0.4) is 0 Å². The SMILES string of the molecule is CC[C@@H]1CC2=CC(=O)CC[C@@H]2[C@H]2CC[C@@]3(C)[C@@H]([C@@H]4C[C@@H]4[C@@]3(O)/C=C\OC(=O)O)[C@H]12. The zero-order valence-electron chi connectivity index (χ0n) is 17.3. The number of aliphatic hydroxyl groups is 1. The number of fused-ring (bicyclic) bond motifs is 7. The van der Waals surface area contributed by atoms with E-state index in [0.29, 0.717) is 47.7 Å². The van der Waals surface area contributed by atoms with Crippen LogP contribution in [-0.2, 0) is 9.53 Å². The lowest BCUT2D eigenvalue weighted by Gasteiger charge is -2.59. The number of allylic oxidation sites excluding steroid dienone is 1. The third-order valence-electron chi connectivity index (χ3n) is 9.52. The van der Waals surface area contributed by atoms with Crippen LogP contribution >= 0.6 is 0 Å². The van der Waals surface area contributed by atoms with E-state index in [2.05, 4.69) is 18.6 Å². The molecule has 5 rings (SSSR count). The summed E-state index contributed by atoms with van der Waals surface area (Å²) in [6.45, 7) is 4.50. The quantitative estimate of drug-likeness (QED) is 0.536. The number of carboxylic acid groups (broad SMARTS) is 1. The maximum absolute atomic E-state index is 12.0. The largest absolute Gasteiger partial charge is 0.510 e. The predicted octanol–water partition coefficient (Wildman–Crippen LogP) is 4.56. The zero-order chi connectivity index (χ0) is 20.6. The van der Waals surface area contributed by atoms with Crippen molar-refractivity contribution >= 4 is 11.9 Å². The summed E-state index contributed by atoms with van der Waals surface area (Å²) in [7, 11) is 0. The van der Waals surface area contributed by atoms with E-state index >= 15 is 0 Å². The molecule has 0 unspecified atom stereocenters. The van der Waals surface area contributed by atoms with Crippen molar-refractivity contribution in [1.29, 1.82) is 0 Å². The van der Waals surface area contributed by atoms with Gasteiger partial charge in [-0.3, -0.25) is 4.79 Å². The van der Waals surface area contributed by atoms with E-state index in [4.69, 9.17) is 5.11 Å². The summed E-state index contributed by atoms with van der Waals surface area (Å²) in [6.07, 6.45) is 10.3. The van der Waals surface area contributed by atoms with Gasteiger partial charge in [-0.2, -0.15) is 0 Å². The summed E-state index contributed by atoms with van der Waals surface area (Å²) >= 11 is 0. The first kappa shape index (κ1) is 19.3. The predicted molar refractivity (Wildman–Crippen MR) is 107 cm³/mol. The Kier molecular flexibility index (Phi) is 4.29. The summed E-state index contributed by atoms with van der Waals surface area (Å²) in [6, 6.07) is 0. The van der Waals surface area contributed by atoms with Gasteiger partial charge in [0, 0.05) is 11.8 Å². The Hall–Kier alpha value is -1.62. The molecule has 5 aliphatic rings. The summed E-state index contributed by atoms with van der Waals surface area (Å²) in [4.78, 5) is 22.8. The number of carbonyl (C=O) groups excluding carboxylic acids is 1. The summed E-state index contributed by atoms with van der Waals surface area (Å²) in [5, 5.41) is 20.6. The molecule has 0 saturated heterocycles. The minimum Gasteiger partial charge on any atom is -0.449 e. The molecule has 4 saturated carbocycles. The Labute approximate surface area is 172 Å². The molecule has 9 atom stereocenters. The molecule has 5 heteroatoms. The fourth-order valence-electron chi connectivity index (χ4n) is 8.33. The second-order valence-corrected chi connectivity index (χ2v) is 10.4. The van der Waals surface area contributed by atoms with Crippen LogP contribution in [0.4, 0.5) is 4.79 Å². The van der Waals surface area contributed by atoms with Gasteiger partial charge in [0.1, 0.15) is 0 Å². The van der Waals surface area contributed by atoms with Crippen LogP contribution in [0.5, 0.6) is 0 Å². The Bertz CT molecular complexity index is 799. The molecular weight excluding hydrogens is 368 g/mol. The standard InChI is InChI=1S/C24H32O5/c1-3-13-10-14-11-15(25)4-5-16(14)17-6-7-23(2)21(20(13)17)18-12-19(18)24(23,28)8-9-29-22(26)27/h8-9,11,13,16-21,28H,3-7,10,12H2,1-2H3,(H,26,27)/b9-8-/t13-,16+,17-,18-,19+,20-,21+,23+,24+/m1/s1. The second kappa shape index (κ2) is 6.44. The van der Waals surface area contributed by atoms with E-state index in [1.54, 1.807) is 6.08 Å². The van der Waals surface area contributed by atoms with Crippen LogP contribution < -0.4 is 0 Å². The molecule has 0 amide bonds. The molecule has 2 N–H and O–H groups in total. The van der Waals surface area contributed by atoms with Crippen LogP contribution in [0, 0.1) is 46.8 Å². The molecular formula is C24H32O5. The molecule has 0 radical (unpaired) electrons. The lowest BCUT2D eigenvalue weighted by molar-refractivity contribution is -0.128. The van der Waals surface area contributed by atoms with Gasteiger partial charge < -0.3 is 14.9 Å². The van der Waals surface area contributed by atoms with E-state index in [1.807, 2.05) is 6.08 Å². The van der Waals surface area contributed by atoms with Gasteiger partial charge in [0.05, 0.1) is 11.9 Å². The van der Waals surface area contributed by atoms with Gasteiger partial charge >= 0.3 is 6.16 Å². The Morgan fingerprint density at radius 3 is 2.86 bits per heavy atom. The molecule has 0 heterocycles. The first-order chi connectivity index (χ1) is 13.8. The van der Waals surface area contributed by atoms with E-state index in [1.165, 1.54) is 11.8 Å². The highest BCUT2D eigenvalue weighted by atomic mass is 16.7. The summed E-state index contributed by atoms with van der Waals surface area (Å²) in [5.74, 6) is 3.83. The fraction of sp³-hybridized carbons (Fsp3) is 0.750. The Morgan fingerprint density at radius 2 is 2.14 bits per heavy atom. The minimum absolute atomic E-state index is 0.215. The average Bonchev–Trinajstić information content (AvgIpc) is 3.43. The molecule has 29 heavy (non-hydrogen) atoms. The third-order valence-corrected chi connectivity index (χ3v) is 9.52. The topological polar surface area (TPSA) is 83.8 Å². The van der Waals surface area contributed by atoms with E-state index in [9.17, 15) is 14.7 Å². The van der Waals surface area contributed by atoms with Crippen LogP contribution in [0.15, 0.2) is 24.0 Å². The van der Waals surface area contributed by atoms with E-state index in [-0.39, 0.29) is 11.3 Å². The van der Waals surface area contributed by atoms with Gasteiger partial charge in [0.15, 0.2) is 5.78 Å². The third kappa shape index (κ3) is 2.62. The molecule has 0 aromatic heterocycles. The van der Waals surface area contributed by atoms with Gasteiger partial charge in [-0.1, -0.05) is 25.8 Å². The lowest BCUT2D eigenvalue weighted by Crippen LogP contribution is -2.56. The van der Waals surface area contributed by atoms with Crippen molar-refractivity contribution in [3.8, 4) is 0 Å². The summed E-state index contributed by atoms with van der Waals surface area (Å²) in [5.41, 5.74) is 0.173. The van der Waals surface area contributed by atoms with Crippen molar-refractivity contribution in [1.82, 2.24) is 0 Å². The molecule has 5 aliphatic carbocycles. The first-order valence-electron chi connectivity index (χ1n) is 11.3. The highest BCUT2D eigenvalue weighted by molar-refractivity contribution is 5.91.